The van der Waals surface area contributed by atoms with Crippen molar-refractivity contribution >= 4 is 17.3 Å². The minimum Gasteiger partial charge on any atom is -0.463 e. The molecule has 0 saturated heterocycles. The average Bonchev–Trinajstić information content (AvgIpc) is 2.98. The Kier molecular flexibility index (Phi) is 4.34. The SMILES string of the molecule is C/C(=N/NC(=O)CNc1ccccc1)c1ccco1. The Hall–Kier alpha value is -2.56. The van der Waals surface area contributed by atoms with Crippen LogP contribution in [0.2, 0.25) is 0 Å². The Bertz CT molecular complexity index is 547. The first-order valence-electron chi connectivity index (χ1n) is 5.91. The summed E-state index contributed by atoms with van der Waals surface area (Å²) in [5, 5.41) is 6.96. The highest BCUT2D eigenvalue weighted by Crippen LogP contribution is 2.04. The second kappa shape index (κ2) is 6.39. The number of benzene rings is 1. The van der Waals surface area contributed by atoms with E-state index in [4.69, 9.17) is 4.42 Å². The second-order valence-electron chi connectivity index (χ2n) is 3.93. The zero-order valence-electron chi connectivity index (χ0n) is 10.6. The number of carbonyl (C=O) groups is 1. The van der Waals surface area contributed by atoms with Crippen molar-refractivity contribution in [3.8, 4) is 0 Å². The molecule has 1 amide bonds. The van der Waals surface area contributed by atoms with Gasteiger partial charge in [0.1, 0.15) is 11.5 Å². The molecule has 5 nitrogen and oxygen atoms in total. The van der Waals surface area contributed by atoms with Crippen LogP contribution in [0.25, 0.3) is 0 Å². The van der Waals surface area contributed by atoms with Crippen molar-refractivity contribution in [1.29, 1.82) is 0 Å². The fourth-order valence-corrected chi connectivity index (χ4v) is 1.46. The van der Waals surface area contributed by atoms with Gasteiger partial charge < -0.3 is 9.73 Å². The van der Waals surface area contributed by atoms with E-state index in [1.54, 1.807) is 25.3 Å². The molecular formula is C14H15N3O2. The van der Waals surface area contributed by atoms with Crippen LogP contribution >= 0.6 is 0 Å². The van der Waals surface area contributed by atoms with Gasteiger partial charge in [0.25, 0.3) is 5.91 Å². The van der Waals surface area contributed by atoms with Crippen LogP contribution in [0.5, 0.6) is 0 Å². The monoisotopic (exact) mass is 257 g/mol. The first-order chi connectivity index (χ1) is 9.25. The summed E-state index contributed by atoms with van der Waals surface area (Å²) in [5.74, 6) is 0.422. The van der Waals surface area contributed by atoms with Gasteiger partial charge in [0.15, 0.2) is 0 Å². The van der Waals surface area contributed by atoms with Gasteiger partial charge in [-0.3, -0.25) is 4.79 Å². The van der Waals surface area contributed by atoms with Crippen molar-refractivity contribution in [2.75, 3.05) is 11.9 Å². The van der Waals surface area contributed by atoms with E-state index in [2.05, 4.69) is 15.8 Å². The molecule has 19 heavy (non-hydrogen) atoms. The molecule has 0 radical (unpaired) electrons. The minimum absolute atomic E-state index is 0.166. The number of furan rings is 1. The molecule has 5 heteroatoms. The van der Waals surface area contributed by atoms with Crippen molar-refractivity contribution < 1.29 is 9.21 Å². The summed E-state index contributed by atoms with van der Waals surface area (Å²) in [6.07, 6.45) is 1.56. The van der Waals surface area contributed by atoms with E-state index in [-0.39, 0.29) is 12.5 Å². The lowest BCUT2D eigenvalue weighted by atomic mass is 10.3. The Morgan fingerprint density at radius 1 is 1.21 bits per heavy atom. The highest BCUT2D eigenvalue weighted by molar-refractivity contribution is 5.96. The van der Waals surface area contributed by atoms with Crippen LogP contribution < -0.4 is 10.7 Å². The maximum Gasteiger partial charge on any atom is 0.259 e. The topological polar surface area (TPSA) is 66.6 Å². The summed E-state index contributed by atoms with van der Waals surface area (Å²) in [5.41, 5.74) is 3.98. The van der Waals surface area contributed by atoms with Gasteiger partial charge in [-0.1, -0.05) is 18.2 Å². The van der Waals surface area contributed by atoms with E-state index >= 15 is 0 Å². The van der Waals surface area contributed by atoms with E-state index in [0.717, 1.165) is 5.69 Å². The zero-order valence-corrected chi connectivity index (χ0v) is 10.6. The first kappa shape index (κ1) is 12.9. The maximum absolute atomic E-state index is 11.6. The molecule has 0 atom stereocenters. The van der Waals surface area contributed by atoms with Crippen molar-refractivity contribution in [2.24, 2.45) is 5.10 Å². The molecule has 1 aromatic heterocycles. The van der Waals surface area contributed by atoms with Crippen molar-refractivity contribution in [2.45, 2.75) is 6.92 Å². The lowest BCUT2D eigenvalue weighted by Gasteiger charge is -2.05. The quantitative estimate of drug-likeness (QED) is 0.637. The van der Waals surface area contributed by atoms with Crippen LogP contribution in [0.15, 0.2) is 58.2 Å². The molecule has 0 saturated carbocycles. The van der Waals surface area contributed by atoms with Crippen LogP contribution in [0.4, 0.5) is 5.69 Å². The van der Waals surface area contributed by atoms with E-state index in [9.17, 15) is 4.79 Å². The molecule has 0 spiro atoms. The van der Waals surface area contributed by atoms with Crippen LogP contribution in [-0.4, -0.2) is 18.2 Å². The van der Waals surface area contributed by atoms with Gasteiger partial charge in [0.2, 0.25) is 0 Å². The molecule has 1 aromatic carbocycles. The predicted molar refractivity (Wildman–Crippen MR) is 74.0 cm³/mol. The molecule has 0 fully saturated rings. The van der Waals surface area contributed by atoms with Crippen LogP contribution in [0.1, 0.15) is 12.7 Å². The summed E-state index contributed by atoms with van der Waals surface area (Å²) < 4.78 is 5.16. The Balaban J connectivity index is 1.80. The first-order valence-corrected chi connectivity index (χ1v) is 5.91. The number of hydrazone groups is 1. The van der Waals surface area contributed by atoms with E-state index in [0.29, 0.717) is 11.5 Å². The zero-order chi connectivity index (χ0) is 13.5. The molecule has 2 rings (SSSR count). The summed E-state index contributed by atoms with van der Waals surface area (Å²) >= 11 is 0. The Morgan fingerprint density at radius 3 is 2.68 bits per heavy atom. The highest BCUT2D eigenvalue weighted by Gasteiger charge is 2.02. The lowest BCUT2D eigenvalue weighted by molar-refractivity contribution is -0.119. The minimum atomic E-state index is -0.213. The normalized spacial score (nSPS) is 11.1. The summed E-state index contributed by atoms with van der Waals surface area (Å²) in [6, 6.07) is 13.1. The Labute approximate surface area is 111 Å². The Morgan fingerprint density at radius 2 is 2.00 bits per heavy atom. The second-order valence-corrected chi connectivity index (χ2v) is 3.93. The molecule has 0 aliphatic heterocycles. The number of hydrogen-bond acceptors (Lipinski definition) is 4. The van der Waals surface area contributed by atoms with Gasteiger partial charge in [0.05, 0.1) is 12.8 Å². The molecule has 0 aliphatic rings. The van der Waals surface area contributed by atoms with E-state index in [1.165, 1.54) is 0 Å². The third-order valence-corrected chi connectivity index (χ3v) is 2.45. The molecule has 2 N–H and O–H groups in total. The highest BCUT2D eigenvalue weighted by atomic mass is 16.3. The largest absolute Gasteiger partial charge is 0.463 e. The van der Waals surface area contributed by atoms with Gasteiger partial charge in [0, 0.05) is 5.69 Å². The number of carbonyl (C=O) groups excluding carboxylic acids is 1. The van der Waals surface area contributed by atoms with Crippen LogP contribution in [0.3, 0.4) is 0 Å². The molecule has 0 bridgehead atoms. The molecule has 0 unspecified atom stereocenters. The lowest BCUT2D eigenvalue weighted by Crippen LogP contribution is -2.26. The molecule has 0 aliphatic carbocycles. The molecule has 2 aromatic rings. The number of nitrogens with zero attached hydrogens (tertiary/aromatic N) is 1. The summed E-state index contributed by atoms with van der Waals surface area (Å²) in [7, 11) is 0. The maximum atomic E-state index is 11.6. The number of nitrogens with one attached hydrogen (secondary N) is 2. The average molecular weight is 257 g/mol. The smallest absolute Gasteiger partial charge is 0.259 e. The van der Waals surface area contributed by atoms with Crippen LogP contribution in [0, 0.1) is 0 Å². The van der Waals surface area contributed by atoms with E-state index < -0.39 is 0 Å². The predicted octanol–water partition coefficient (Wildman–Crippen LogP) is 2.23. The number of para-hydroxylation sites is 1. The third-order valence-electron chi connectivity index (χ3n) is 2.45. The number of rotatable bonds is 5. The van der Waals surface area contributed by atoms with Gasteiger partial charge >= 0.3 is 0 Å². The molecule has 1 heterocycles. The van der Waals surface area contributed by atoms with E-state index in [1.807, 2.05) is 30.3 Å². The third kappa shape index (κ3) is 3.99. The van der Waals surface area contributed by atoms with Gasteiger partial charge in [-0.2, -0.15) is 5.10 Å². The molecular weight excluding hydrogens is 242 g/mol. The van der Waals surface area contributed by atoms with Crippen LogP contribution in [-0.2, 0) is 4.79 Å². The number of amides is 1. The summed E-state index contributed by atoms with van der Waals surface area (Å²) in [4.78, 5) is 11.6. The van der Waals surface area contributed by atoms with Gasteiger partial charge in [-0.15, -0.1) is 0 Å². The van der Waals surface area contributed by atoms with Gasteiger partial charge in [-0.25, -0.2) is 5.43 Å². The standard InChI is InChI=1S/C14H15N3O2/c1-11(13-8-5-9-19-13)16-17-14(18)10-15-12-6-3-2-4-7-12/h2-9,15H,10H2,1H3,(H,17,18)/b16-11-. The fraction of sp³-hybridized carbons (Fsp3) is 0.143. The summed E-state index contributed by atoms with van der Waals surface area (Å²) in [6.45, 7) is 1.93. The van der Waals surface area contributed by atoms with Gasteiger partial charge in [-0.05, 0) is 31.2 Å². The molecule has 98 valence electrons. The fourth-order valence-electron chi connectivity index (χ4n) is 1.46. The van der Waals surface area contributed by atoms with Crippen molar-refractivity contribution in [1.82, 2.24) is 5.43 Å². The van der Waals surface area contributed by atoms with Crippen molar-refractivity contribution in [3.05, 3.63) is 54.5 Å². The number of anilines is 1. The van der Waals surface area contributed by atoms with Crippen molar-refractivity contribution in [3.63, 3.8) is 0 Å². The number of hydrogen-bond donors (Lipinski definition) is 2.